The Kier molecular flexibility index (Phi) is 11.6. The molecule has 18 aliphatic carbocycles. The minimum absolute atomic E-state index is 0.154. The van der Waals surface area contributed by atoms with Crippen LogP contribution in [-0.4, -0.2) is 5.92 Å². The van der Waals surface area contributed by atoms with Crippen molar-refractivity contribution in [1.29, 1.82) is 0 Å². The summed E-state index contributed by atoms with van der Waals surface area (Å²) in [6, 6.07) is 37.1. The van der Waals surface area contributed by atoms with Crippen molar-refractivity contribution in [1.82, 2.24) is 0 Å². The molecule has 0 heterocycles. The molecule has 16 saturated carbocycles. The van der Waals surface area contributed by atoms with Crippen LogP contribution in [-0.2, 0) is 26.4 Å². The van der Waals surface area contributed by atoms with E-state index < -0.39 is 21.5 Å². The number of halogens is 2. The second-order valence-corrected chi connectivity index (χ2v) is 74.9. The maximum absolute atomic E-state index is 9.85. The Morgan fingerprint density at radius 2 is 0.713 bits per heavy atom. The summed E-state index contributed by atoms with van der Waals surface area (Å²) in [5, 5.41) is 0. The summed E-state index contributed by atoms with van der Waals surface area (Å²) in [5.41, 5.74) is 20.1. The van der Waals surface area contributed by atoms with Crippen LogP contribution < -0.4 is 0 Å². The number of hydrogen-bond donors (Lipinski definition) is 0. The van der Waals surface area contributed by atoms with Crippen molar-refractivity contribution >= 4 is 35.1 Å². The molecular weight excluding hydrogens is 1100 g/mol. The molecule has 3 atom stereocenters. The number of rotatable bonds is 13. The summed E-state index contributed by atoms with van der Waals surface area (Å²) >= 11 is -5.31. The van der Waals surface area contributed by atoms with E-state index in [1.807, 2.05) is 0 Å². The van der Waals surface area contributed by atoms with E-state index in [1.165, 1.54) is 224 Å². The van der Waals surface area contributed by atoms with Crippen molar-refractivity contribution in [3.63, 3.8) is 0 Å². The van der Waals surface area contributed by atoms with Crippen LogP contribution in [0.1, 0.15) is 221 Å². The summed E-state index contributed by atoms with van der Waals surface area (Å²) in [6.45, 7) is 5.21. The molecule has 0 N–H and O–H groups in total. The molecule has 80 heavy (non-hydrogen) atoms. The average molecular weight is 1200 g/mol. The first-order valence-electron chi connectivity index (χ1n) is 34.2. The van der Waals surface area contributed by atoms with Gasteiger partial charge in [-0.15, -0.1) is 0 Å². The first kappa shape index (κ1) is 51.3. The molecule has 4 heteroatoms. The minimum atomic E-state index is -5.31. The second-order valence-electron chi connectivity index (χ2n) is 33.6. The molecule has 3 unspecified atom stereocenters. The summed E-state index contributed by atoms with van der Waals surface area (Å²) in [6.07, 6.45) is 44.4. The Hall–Kier alpha value is -1.96. The molecule has 4 aromatic carbocycles. The van der Waals surface area contributed by atoms with Gasteiger partial charge in [-0.1, -0.05) is 0 Å². The van der Waals surface area contributed by atoms with Gasteiger partial charge < -0.3 is 0 Å². The van der Waals surface area contributed by atoms with Crippen molar-refractivity contribution in [2.24, 2.45) is 81.8 Å². The topological polar surface area (TPSA) is 0 Å². The van der Waals surface area contributed by atoms with Gasteiger partial charge in [0.15, 0.2) is 0 Å². The van der Waals surface area contributed by atoms with Gasteiger partial charge in [-0.3, -0.25) is 0 Å². The third-order valence-electron chi connectivity index (χ3n) is 28.3. The van der Waals surface area contributed by atoms with Gasteiger partial charge in [-0.25, -0.2) is 0 Å². The van der Waals surface area contributed by atoms with E-state index in [2.05, 4.69) is 111 Å². The predicted octanol–water partition coefficient (Wildman–Crippen LogP) is 21.5. The summed E-state index contributed by atoms with van der Waals surface area (Å²) in [4.78, 5) is 0. The van der Waals surface area contributed by atoms with E-state index >= 15 is 0 Å². The molecule has 0 spiro atoms. The van der Waals surface area contributed by atoms with Crippen LogP contribution in [0.2, 0.25) is 12.6 Å². The van der Waals surface area contributed by atoms with Gasteiger partial charge in [-0.05, 0) is 0 Å². The standard InChI is InChI=1S/2C36H41.C4H11Si.2ClH.Zr/c2*1-2-31-14-29(19-35-16-23-8-24(17-35)10-25(9-23)18-35)15-34(31)33(3-1)30-4-6-32(7-5-30)36-20-26-11-27(21-36)13-28(12-26)22-36;1-3-4-5-2;;;/h2*1-7,14-15,23-28H,8-13,16-22H2;5H,3-4H2,1-2H3;2*1H;/q;;;;;+2/p-2. The second kappa shape index (κ2) is 18.1. The van der Waals surface area contributed by atoms with E-state index in [9.17, 15) is 17.0 Å². The van der Waals surface area contributed by atoms with Crippen LogP contribution in [0.4, 0.5) is 0 Å². The van der Waals surface area contributed by atoms with Crippen LogP contribution in [0.25, 0.3) is 34.4 Å². The van der Waals surface area contributed by atoms with E-state index in [4.69, 9.17) is 0 Å². The molecular formula is C76H93Cl2SiZr. The Morgan fingerprint density at radius 3 is 1.01 bits per heavy atom. The maximum atomic E-state index is 9.85. The van der Waals surface area contributed by atoms with E-state index in [-0.39, 0.29) is 7.25 Å². The molecule has 0 aromatic heterocycles. The average Bonchev–Trinajstić information content (AvgIpc) is 3.30. The predicted molar refractivity (Wildman–Crippen MR) is 335 cm³/mol. The Bertz CT molecular complexity index is 2890. The van der Waals surface area contributed by atoms with Gasteiger partial charge in [0.25, 0.3) is 0 Å². The van der Waals surface area contributed by atoms with Gasteiger partial charge in [0.05, 0.1) is 0 Å². The molecule has 16 fully saturated rings. The van der Waals surface area contributed by atoms with E-state index in [1.54, 1.807) is 22.3 Å². The Labute approximate surface area is 491 Å². The third-order valence-corrected chi connectivity index (χ3v) is 78.7. The molecule has 4 aromatic rings. The van der Waals surface area contributed by atoms with E-state index in [0.29, 0.717) is 21.7 Å². The molecule has 22 rings (SSSR count). The fraction of sp³-hybridized carbons (Fsp3) is 0.632. The molecule has 16 bridgehead atoms. The molecule has 0 amide bonds. The van der Waals surface area contributed by atoms with Gasteiger partial charge in [-0.2, -0.15) is 0 Å². The SMILES string of the molecule is CCC[SiH](C)[Zr]([Cl])([Cl])([CH]1C(CC23CC4CC(CC(C4)C2)C3)=Cc2c(-c3ccc(C45CC6CC(CC(C6)C4)C5)cc3)cccc21)[CH]1C(CC23CC4CC(CC(C4)C2)C3)=Cc2c(-c3ccc(C45CC6CC(CC(C6)C4)C5)cc3)cccc21. The fourth-order valence-electron chi connectivity index (χ4n) is 27.3. The van der Waals surface area contributed by atoms with Crippen molar-refractivity contribution in [2.75, 3.05) is 0 Å². The van der Waals surface area contributed by atoms with Crippen LogP contribution in [0.5, 0.6) is 0 Å². The van der Waals surface area contributed by atoms with Gasteiger partial charge in [0.2, 0.25) is 0 Å². The van der Waals surface area contributed by atoms with Gasteiger partial charge in [0, 0.05) is 0 Å². The molecule has 18 aliphatic rings. The van der Waals surface area contributed by atoms with Crippen LogP contribution >= 0.6 is 17.0 Å². The Balaban J connectivity index is 0.788. The monoisotopic (exact) mass is 1190 g/mol. The molecule has 0 saturated heterocycles. The number of allylic oxidation sites excluding steroid dienone is 2. The van der Waals surface area contributed by atoms with Crippen molar-refractivity contribution in [3.8, 4) is 22.3 Å². The zero-order valence-corrected chi connectivity index (χ0v) is 54.1. The first-order chi connectivity index (χ1) is 38.8. The van der Waals surface area contributed by atoms with E-state index in [0.717, 1.165) is 71.0 Å². The number of benzene rings is 4. The van der Waals surface area contributed by atoms with Gasteiger partial charge in [0.1, 0.15) is 0 Å². The summed E-state index contributed by atoms with van der Waals surface area (Å²) < 4.78 is 0.308. The zero-order chi connectivity index (χ0) is 53.1. The number of fused-ring (bicyclic) bond motifs is 2. The molecule has 0 aliphatic heterocycles. The van der Waals surface area contributed by atoms with Gasteiger partial charge >= 0.3 is 495 Å². The fourth-order valence-corrected chi connectivity index (χ4v) is 68.4. The quantitative estimate of drug-likeness (QED) is 0.117. The summed E-state index contributed by atoms with van der Waals surface area (Å²) in [5.74, 6) is 9.46. The van der Waals surface area contributed by atoms with Crippen molar-refractivity contribution in [3.05, 3.63) is 129 Å². The normalized spacial score (nSPS) is 43.3. The molecule has 0 nitrogen and oxygen atoms in total. The third kappa shape index (κ3) is 7.75. The van der Waals surface area contributed by atoms with Crippen LogP contribution in [0, 0.1) is 81.8 Å². The summed E-state index contributed by atoms with van der Waals surface area (Å²) in [7, 11) is 19.7. The molecule has 0 radical (unpaired) electrons. The molecule has 419 valence electrons. The Morgan fingerprint density at radius 1 is 0.412 bits per heavy atom. The van der Waals surface area contributed by atoms with Crippen molar-refractivity contribution < 1.29 is 15.6 Å². The first-order valence-corrected chi connectivity index (χ1v) is 50.2. The van der Waals surface area contributed by atoms with Crippen LogP contribution in [0.3, 0.4) is 0 Å². The zero-order valence-electron chi connectivity index (χ0n) is 49.0. The van der Waals surface area contributed by atoms with Crippen molar-refractivity contribution in [2.45, 2.75) is 211 Å². The van der Waals surface area contributed by atoms with Crippen LogP contribution in [0.15, 0.2) is 96.1 Å². The number of hydrogen-bond acceptors (Lipinski definition) is 0.